The molecule has 0 bridgehead atoms. The fraction of sp³-hybridized carbons (Fsp3) is 1.00. The zero-order valence-electron chi connectivity index (χ0n) is 11.2. The van der Waals surface area contributed by atoms with E-state index in [4.69, 9.17) is 0 Å². The van der Waals surface area contributed by atoms with Crippen LogP contribution in [0.2, 0.25) is 0 Å². The molecule has 0 radical (unpaired) electrons. The molecule has 0 aliphatic carbocycles. The largest absolute Gasteiger partial charge is 0.394 e. The Labute approximate surface area is 99.6 Å². The van der Waals surface area contributed by atoms with Gasteiger partial charge in [0, 0.05) is 32.2 Å². The lowest BCUT2D eigenvalue weighted by Crippen LogP contribution is -2.59. The second-order valence-electron chi connectivity index (χ2n) is 5.31. The summed E-state index contributed by atoms with van der Waals surface area (Å²) < 4.78 is 0. The molecule has 2 N–H and O–H groups in total. The molecule has 1 aliphatic heterocycles. The average Bonchev–Trinajstić information content (AvgIpc) is 2.24. The predicted octanol–water partition coefficient (Wildman–Crippen LogP) is -0.0172. The van der Waals surface area contributed by atoms with Crippen molar-refractivity contribution >= 4 is 0 Å². The standard InChI is InChI=1S/C12H27N3O/c1-5-13-12(3,10-16)9-15-7-6-14(4)11(2)8-15/h11,13,16H,5-10H2,1-4H3. The highest BCUT2D eigenvalue weighted by atomic mass is 16.3. The van der Waals surface area contributed by atoms with Crippen molar-refractivity contribution in [2.75, 3.05) is 46.4 Å². The summed E-state index contributed by atoms with van der Waals surface area (Å²) in [6.07, 6.45) is 0. The maximum absolute atomic E-state index is 9.47. The van der Waals surface area contributed by atoms with Crippen molar-refractivity contribution in [3.05, 3.63) is 0 Å². The summed E-state index contributed by atoms with van der Waals surface area (Å²) in [5.41, 5.74) is -0.162. The Morgan fingerprint density at radius 3 is 2.62 bits per heavy atom. The van der Waals surface area contributed by atoms with Crippen molar-refractivity contribution in [2.45, 2.75) is 32.4 Å². The molecular weight excluding hydrogens is 202 g/mol. The summed E-state index contributed by atoms with van der Waals surface area (Å²) >= 11 is 0. The highest BCUT2D eigenvalue weighted by Crippen LogP contribution is 2.12. The molecule has 1 rings (SSSR count). The van der Waals surface area contributed by atoms with Crippen LogP contribution in [0.1, 0.15) is 20.8 Å². The SMILES string of the molecule is CCNC(C)(CO)CN1CCN(C)C(C)C1. The number of piperazine rings is 1. The van der Waals surface area contributed by atoms with Crippen LogP contribution in [-0.4, -0.2) is 72.9 Å². The van der Waals surface area contributed by atoms with Crippen LogP contribution >= 0.6 is 0 Å². The van der Waals surface area contributed by atoms with E-state index in [0.717, 1.165) is 32.7 Å². The maximum atomic E-state index is 9.47. The smallest absolute Gasteiger partial charge is 0.0623 e. The van der Waals surface area contributed by atoms with Crippen LogP contribution in [0.5, 0.6) is 0 Å². The molecule has 0 aromatic heterocycles. The van der Waals surface area contributed by atoms with Crippen LogP contribution in [0.15, 0.2) is 0 Å². The third kappa shape index (κ3) is 3.70. The lowest BCUT2D eigenvalue weighted by atomic mass is 10.0. The molecule has 1 saturated heterocycles. The number of nitrogens with one attached hydrogen (secondary N) is 1. The lowest BCUT2D eigenvalue weighted by molar-refractivity contribution is 0.0628. The zero-order chi connectivity index (χ0) is 12.2. The number of likely N-dealkylation sites (N-methyl/N-ethyl adjacent to an activating group) is 2. The van der Waals surface area contributed by atoms with E-state index < -0.39 is 0 Å². The number of hydrogen-bond donors (Lipinski definition) is 2. The first kappa shape index (κ1) is 13.9. The highest BCUT2D eigenvalue weighted by molar-refractivity contribution is 4.88. The minimum Gasteiger partial charge on any atom is -0.394 e. The molecule has 0 spiro atoms. The van der Waals surface area contributed by atoms with E-state index in [1.165, 1.54) is 0 Å². The van der Waals surface area contributed by atoms with Gasteiger partial charge in [-0.15, -0.1) is 0 Å². The van der Waals surface area contributed by atoms with Crippen LogP contribution in [-0.2, 0) is 0 Å². The summed E-state index contributed by atoms with van der Waals surface area (Å²) in [5.74, 6) is 0. The van der Waals surface area contributed by atoms with E-state index in [1.54, 1.807) is 0 Å². The van der Waals surface area contributed by atoms with Crippen molar-refractivity contribution in [2.24, 2.45) is 0 Å². The van der Waals surface area contributed by atoms with E-state index in [1.807, 2.05) is 0 Å². The molecular formula is C12H27N3O. The predicted molar refractivity (Wildman–Crippen MR) is 67.7 cm³/mol. The molecule has 2 unspecified atom stereocenters. The third-order valence-electron chi connectivity index (χ3n) is 3.57. The van der Waals surface area contributed by atoms with Crippen molar-refractivity contribution in [3.8, 4) is 0 Å². The van der Waals surface area contributed by atoms with Gasteiger partial charge >= 0.3 is 0 Å². The first-order valence-corrected chi connectivity index (χ1v) is 6.29. The number of nitrogens with zero attached hydrogens (tertiary/aromatic N) is 2. The molecule has 4 nitrogen and oxygen atoms in total. The monoisotopic (exact) mass is 229 g/mol. The average molecular weight is 229 g/mol. The minimum atomic E-state index is -0.162. The normalized spacial score (nSPS) is 27.9. The topological polar surface area (TPSA) is 38.7 Å². The molecule has 0 aromatic rings. The molecule has 1 heterocycles. The van der Waals surface area contributed by atoms with Gasteiger partial charge in [-0.2, -0.15) is 0 Å². The molecule has 96 valence electrons. The van der Waals surface area contributed by atoms with Crippen LogP contribution in [0.4, 0.5) is 0 Å². The van der Waals surface area contributed by atoms with Gasteiger partial charge in [-0.05, 0) is 27.4 Å². The Kier molecular flexibility index (Phi) is 5.18. The molecule has 0 aromatic carbocycles. The second-order valence-corrected chi connectivity index (χ2v) is 5.31. The van der Waals surface area contributed by atoms with Crippen molar-refractivity contribution in [1.29, 1.82) is 0 Å². The van der Waals surface area contributed by atoms with Gasteiger partial charge in [0.05, 0.1) is 12.1 Å². The van der Waals surface area contributed by atoms with Crippen LogP contribution in [0, 0.1) is 0 Å². The number of hydrogen-bond acceptors (Lipinski definition) is 4. The van der Waals surface area contributed by atoms with Gasteiger partial charge in [0.25, 0.3) is 0 Å². The van der Waals surface area contributed by atoms with E-state index in [0.29, 0.717) is 6.04 Å². The zero-order valence-corrected chi connectivity index (χ0v) is 11.2. The van der Waals surface area contributed by atoms with Gasteiger partial charge in [0.1, 0.15) is 0 Å². The minimum absolute atomic E-state index is 0.162. The first-order valence-electron chi connectivity index (χ1n) is 6.29. The fourth-order valence-corrected chi connectivity index (χ4v) is 2.35. The molecule has 16 heavy (non-hydrogen) atoms. The van der Waals surface area contributed by atoms with E-state index in [9.17, 15) is 5.11 Å². The molecule has 0 amide bonds. The van der Waals surface area contributed by atoms with E-state index >= 15 is 0 Å². The Morgan fingerprint density at radius 1 is 1.44 bits per heavy atom. The number of aliphatic hydroxyl groups excluding tert-OH is 1. The Morgan fingerprint density at radius 2 is 2.12 bits per heavy atom. The van der Waals surface area contributed by atoms with E-state index in [2.05, 4.69) is 42.9 Å². The van der Waals surface area contributed by atoms with Gasteiger partial charge < -0.3 is 15.3 Å². The van der Waals surface area contributed by atoms with Crippen LogP contribution in [0.3, 0.4) is 0 Å². The van der Waals surface area contributed by atoms with Crippen molar-refractivity contribution < 1.29 is 5.11 Å². The van der Waals surface area contributed by atoms with Gasteiger partial charge in [-0.1, -0.05) is 6.92 Å². The summed E-state index contributed by atoms with van der Waals surface area (Å²) in [4.78, 5) is 4.84. The summed E-state index contributed by atoms with van der Waals surface area (Å²) in [5, 5.41) is 12.8. The Balaban J connectivity index is 2.46. The Bertz CT molecular complexity index is 212. The van der Waals surface area contributed by atoms with Gasteiger partial charge in [-0.3, -0.25) is 4.90 Å². The molecule has 0 saturated carbocycles. The van der Waals surface area contributed by atoms with Crippen molar-refractivity contribution in [3.63, 3.8) is 0 Å². The highest BCUT2D eigenvalue weighted by Gasteiger charge is 2.28. The summed E-state index contributed by atoms with van der Waals surface area (Å²) in [6, 6.07) is 0.610. The lowest BCUT2D eigenvalue weighted by Gasteiger charge is -2.42. The quantitative estimate of drug-likeness (QED) is 0.695. The fourth-order valence-electron chi connectivity index (χ4n) is 2.35. The molecule has 1 fully saturated rings. The van der Waals surface area contributed by atoms with Gasteiger partial charge in [0.2, 0.25) is 0 Å². The van der Waals surface area contributed by atoms with E-state index in [-0.39, 0.29) is 12.1 Å². The summed E-state index contributed by atoms with van der Waals surface area (Å²) in [7, 11) is 2.18. The Hall–Kier alpha value is -0.160. The van der Waals surface area contributed by atoms with Gasteiger partial charge in [-0.25, -0.2) is 0 Å². The van der Waals surface area contributed by atoms with Crippen LogP contribution < -0.4 is 5.32 Å². The van der Waals surface area contributed by atoms with Gasteiger partial charge in [0.15, 0.2) is 0 Å². The maximum Gasteiger partial charge on any atom is 0.0623 e. The molecule has 2 atom stereocenters. The van der Waals surface area contributed by atoms with Crippen LogP contribution in [0.25, 0.3) is 0 Å². The molecule has 4 heteroatoms. The molecule has 1 aliphatic rings. The first-order chi connectivity index (χ1) is 7.50. The third-order valence-corrected chi connectivity index (χ3v) is 3.57. The van der Waals surface area contributed by atoms with Crippen molar-refractivity contribution in [1.82, 2.24) is 15.1 Å². The second kappa shape index (κ2) is 5.96. The summed E-state index contributed by atoms with van der Waals surface area (Å²) in [6.45, 7) is 11.8. The number of rotatable bonds is 5. The number of aliphatic hydroxyl groups is 1.